The number of ether oxygens (including phenoxy) is 2. The maximum atomic E-state index is 8.18. The Kier molecular flexibility index (Phi) is 3.78. The third-order valence-corrected chi connectivity index (χ3v) is 3.62. The molecule has 19 heavy (non-hydrogen) atoms. The van der Waals surface area contributed by atoms with Gasteiger partial charge in [0.15, 0.2) is 0 Å². The normalized spacial score (nSPS) is 16.1. The van der Waals surface area contributed by atoms with E-state index in [-0.39, 0.29) is 0 Å². The topological polar surface area (TPSA) is 57.6 Å². The Morgan fingerprint density at radius 3 is 2.37 bits per heavy atom. The summed E-state index contributed by atoms with van der Waals surface area (Å²) >= 11 is 0. The van der Waals surface area contributed by atoms with Gasteiger partial charge >= 0.3 is 0 Å². The van der Waals surface area contributed by atoms with Gasteiger partial charge in [-0.3, -0.25) is 5.41 Å². The quantitative estimate of drug-likeness (QED) is 0.796. The first-order valence-corrected chi connectivity index (χ1v) is 6.49. The van der Waals surface area contributed by atoms with Gasteiger partial charge in [-0.1, -0.05) is 12.1 Å². The van der Waals surface area contributed by atoms with Crippen LogP contribution in [0.15, 0.2) is 18.2 Å². The van der Waals surface area contributed by atoms with E-state index < -0.39 is 5.91 Å². The molecule has 2 rings (SSSR count). The van der Waals surface area contributed by atoms with E-state index in [0.717, 1.165) is 29.9 Å². The molecule has 0 saturated carbocycles. The van der Waals surface area contributed by atoms with Crippen LogP contribution in [0.2, 0.25) is 0 Å². The molecule has 1 aliphatic heterocycles. The molecule has 0 unspecified atom stereocenters. The Balaban J connectivity index is 2.60. The maximum absolute atomic E-state index is 8.18. The van der Waals surface area contributed by atoms with Crippen LogP contribution in [0, 0.1) is 5.41 Å². The van der Waals surface area contributed by atoms with Crippen LogP contribution < -0.4 is 10.2 Å². The monoisotopic (exact) mass is 263 g/mol. The zero-order chi connectivity index (χ0) is 14.0. The van der Waals surface area contributed by atoms with Crippen molar-refractivity contribution in [3.05, 3.63) is 29.3 Å². The van der Waals surface area contributed by atoms with Gasteiger partial charge in [0.2, 0.25) is 0 Å². The van der Waals surface area contributed by atoms with E-state index in [1.807, 2.05) is 18.2 Å². The van der Waals surface area contributed by atoms with Gasteiger partial charge in [-0.05, 0) is 19.9 Å². The Morgan fingerprint density at radius 2 is 1.84 bits per heavy atom. The number of fused-ring (bicyclic) bond motifs is 1. The predicted octanol–water partition coefficient (Wildman–Crippen LogP) is 1.86. The van der Waals surface area contributed by atoms with Gasteiger partial charge < -0.3 is 19.7 Å². The number of rotatable bonds is 5. The fourth-order valence-corrected chi connectivity index (χ4v) is 2.60. The second kappa shape index (κ2) is 5.19. The molecule has 0 fully saturated rings. The highest BCUT2D eigenvalue weighted by Gasteiger charge is 2.43. The minimum atomic E-state index is -1.05. The zero-order valence-electron chi connectivity index (χ0n) is 11.9. The summed E-state index contributed by atoms with van der Waals surface area (Å²) in [7, 11) is 3.14. The second-order valence-corrected chi connectivity index (χ2v) is 4.40. The number of methoxy groups -OCH3 is 2. The molecule has 0 amide bonds. The van der Waals surface area contributed by atoms with Crippen molar-refractivity contribution in [2.45, 2.75) is 19.8 Å². The summed E-state index contributed by atoms with van der Waals surface area (Å²) in [6.45, 7) is 6.00. The molecule has 0 aromatic heterocycles. The van der Waals surface area contributed by atoms with Crippen LogP contribution in [0.1, 0.15) is 25.0 Å². The Hall–Kier alpha value is -1.59. The third kappa shape index (κ3) is 1.99. The molecule has 1 heterocycles. The summed E-state index contributed by atoms with van der Waals surface area (Å²) in [5.74, 6) is -0.712. The molecule has 0 spiro atoms. The molecule has 0 bridgehead atoms. The largest absolute Gasteiger partial charge is 0.371 e. The van der Waals surface area contributed by atoms with Crippen LogP contribution in [-0.2, 0) is 15.4 Å². The van der Waals surface area contributed by atoms with Crippen molar-refractivity contribution in [2.24, 2.45) is 0 Å². The SMILES string of the molecule is CCN(CC)c1cccc2c1C(=N)NC2(OC)OC. The lowest BCUT2D eigenvalue weighted by Gasteiger charge is -2.27. The van der Waals surface area contributed by atoms with E-state index in [1.54, 1.807) is 14.2 Å². The van der Waals surface area contributed by atoms with E-state index in [0.29, 0.717) is 5.84 Å². The molecule has 0 radical (unpaired) electrons. The Bertz CT molecular complexity index is 480. The first kappa shape index (κ1) is 13.8. The fraction of sp³-hybridized carbons (Fsp3) is 0.500. The lowest BCUT2D eigenvalue weighted by molar-refractivity contribution is -0.223. The first-order chi connectivity index (χ1) is 9.13. The molecular weight excluding hydrogens is 242 g/mol. The van der Waals surface area contributed by atoms with E-state index in [2.05, 4.69) is 24.1 Å². The predicted molar refractivity (Wildman–Crippen MR) is 75.7 cm³/mol. The second-order valence-electron chi connectivity index (χ2n) is 4.40. The van der Waals surface area contributed by atoms with Crippen LogP contribution in [0.25, 0.3) is 0 Å². The molecule has 104 valence electrons. The lowest BCUT2D eigenvalue weighted by atomic mass is 10.0. The molecule has 1 aromatic carbocycles. The molecule has 5 heteroatoms. The van der Waals surface area contributed by atoms with Gasteiger partial charge in [-0.25, -0.2) is 0 Å². The standard InChI is InChI=1S/C14H21N3O2/c1-5-17(6-2)11-9-7-8-10-12(11)13(15)16-14(10,18-3)19-4/h7-9H,5-6H2,1-4H3,(H2,15,16). The molecular formula is C14H21N3O2. The summed E-state index contributed by atoms with van der Waals surface area (Å²) in [6.07, 6.45) is 0. The molecule has 1 aliphatic rings. The maximum Gasteiger partial charge on any atom is 0.279 e. The number of hydrogen-bond acceptors (Lipinski definition) is 4. The van der Waals surface area contributed by atoms with Crippen LogP contribution in [-0.4, -0.2) is 33.1 Å². The summed E-state index contributed by atoms with van der Waals surface area (Å²) in [4.78, 5) is 2.22. The van der Waals surface area contributed by atoms with E-state index >= 15 is 0 Å². The molecule has 1 aromatic rings. The highest BCUT2D eigenvalue weighted by Crippen LogP contribution is 2.37. The molecule has 0 atom stereocenters. The number of nitrogens with one attached hydrogen (secondary N) is 2. The molecule has 0 saturated heterocycles. The average molecular weight is 263 g/mol. The van der Waals surface area contributed by atoms with Crippen molar-refractivity contribution in [3.63, 3.8) is 0 Å². The summed E-state index contributed by atoms with van der Waals surface area (Å²) in [5.41, 5.74) is 2.75. The minimum absolute atomic E-state index is 0.334. The summed E-state index contributed by atoms with van der Waals surface area (Å²) in [6, 6.07) is 5.94. The van der Waals surface area contributed by atoms with Gasteiger partial charge in [0.25, 0.3) is 5.91 Å². The van der Waals surface area contributed by atoms with E-state index in [1.165, 1.54) is 0 Å². The fourth-order valence-electron chi connectivity index (χ4n) is 2.60. The third-order valence-electron chi connectivity index (χ3n) is 3.62. The summed E-state index contributed by atoms with van der Waals surface area (Å²) in [5, 5.41) is 11.2. The van der Waals surface area contributed by atoms with Gasteiger partial charge in [-0.15, -0.1) is 0 Å². The van der Waals surface area contributed by atoms with Crippen molar-refractivity contribution < 1.29 is 9.47 Å². The first-order valence-electron chi connectivity index (χ1n) is 6.49. The van der Waals surface area contributed by atoms with Crippen LogP contribution in [0.5, 0.6) is 0 Å². The van der Waals surface area contributed by atoms with Gasteiger partial charge in [0.1, 0.15) is 5.84 Å². The van der Waals surface area contributed by atoms with Crippen molar-refractivity contribution in [1.29, 1.82) is 5.41 Å². The smallest absolute Gasteiger partial charge is 0.279 e. The Labute approximate surface area is 114 Å². The van der Waals surface area contributed by atoms with Gasteiger partial charge in [0.05, 0.1) is 5.56 Å². The van der Waals surface area contributed by atoms with Crippen molar-refractivity contribution in [3.8, 4) is 0 Å². The highest BCUT2D eigenvalue weighted by molar-refractivity contribution is 6.06. The van der Waals surface area contributed by atoms with Crippen LogP contribution in [0.3, 0.4) is 0 Å². The van der Waals surface area contributed by atoms with E-state index in [4.69, 9.17) is 14.9 Å². The van der Waals surface area contributed by atoms with Gasteiger partial charge in [-0.2, -0.15) is 0 Å². The molecule has 5 nitrogen and oxygen atoms in total. The van der Waals surface area contributed by atoms with Crippen LogP contribution >= 0.6 is 0 Å². The number of nitrogens with zero attached hydrogens (tertiary/aromatic N) is 1. The highest BCUT2D eigenvalue weighted by atomic mass is 16.7. The minimum Gasteiger partial charge on any atom is -0.371 e. The molecule has 0 aliphatic carbocycles. The van der Waals surface area contributed by atoms with Crippen LogP contribution in [0.4, 0.5) is 5.69 Å². The van der Waals surface area contributed by atoms with Crippen molar-refractivity contribution >= 4 is 11.5 Å². The summed E-state index contributed by atoms with van der Waals surface area (Å²) < 4.78 is 10.9. The van der Waals surface area contributed by atoms with Gasteiger partial charge in [0, 0.05) is 38.6 Å². The van der Waals surface area contributed by atoms with Crippen molar-refractivity contribution in [1.82, 2.24) is 5.32 Å². The van der Waals surface area contributed by atoms with E-state index in [9.17, 15) is 0 Å². The zero-order valence-corrected chi connectivity index (χ0v) is 11.9. The number of benzene rings is 1. The number of amidine groups is 1. The lowest BCUT2D eigenvalue weighted by Crippen LogP contribution is -2.42. The number of anilines is 1. The molecule has 2 N–H and O–H groups in total. The number of hydrogen-bond donors (Lipinski definition) is 2. The Morgan fingerprint density at radius 1 is 1.21 bits per heavy atom. The average Bonchev–Trinajstić information content (AvgIpc) is 2.74. The van der Waals surface area contributed by atoms with Crippen molar-refractivity contribution in [2.75, 3.05) is 32.2 Å².